The Morgan fingerprint density at radius 3 is 2.45 bits per heavy atom. The maximum Gasteiger partial charge on any atom is 0.326 e. The van der Waals surface area contributed by atoms with Crippen molar-refractivity contribution in [3.8, 4) is 11.5 Å². The van der Waals surface area contributed by atoms with Crippen molar-refractivity contribution in [1.29, 1.82) is 0 Å². The van der Waals surface area contributed by atoms with Crippen LogP contribution in [-0.2, 0) is 20.9 Å². The quantitative estimate of drug-likeness (QED) is 0.339. The molecule has 0 saturated carbocycles. The molecule has 0 radical (unpaired) electrons. The van der Waals surface area contributed by atoms with Crippen molar-refractivity contribution in [2.45, 2.75) is 26.6 Å². The molecule has 33 heavy (non-hydrogen) atoms. The van der Waals surface area contributed by atoms with E-state index in [1.54, 1.807) is 56.3 Å². The molecule has 7 nitrogen and oxygen atoms in total. The SMILES string of the molecule is COc1ccc(/C=C2\SC(=O)N(CC(=O)OC(C)C)C2=O)cc1OCc1c(Cl)cccc1Cl. The van der Waals surface area contributed by atoms with Gasteiger partial charge in [-0.1, -0.05) is 35.3 Å². The topological polar surface area (TPSA) is 82.1 Å². The van der Waals surface area contributed by atoms with Gasteiger partial charge < -0.3 is 14.2 Å². The first-order chi connectivity index (χ1) is 15.7. The van der Waals surface area contributed by atoms with Crippen LogP contribution in [0.15, 0.2) is 41.3 Å². The van der Waals surface area contributed by atoms with E-state index in [0.717, 1.165) is 16.7 Å². The maximum atomic E-state index is 12.7. The van der Waals surface area contributed by atoms with E-state index in [0.29, 0.717) is 32.7 Å². The van der Waals surface area contributed by atoms with Gasteiger partial charge in [-0.3, -0.25) is 19.3 Å². The van der Waals surface area contributed by atoms with E-state index in [1.165, 1.54) is 7.11 Å². The Hall–Kier alpha value is -2.68. The Morgan fingerprint density at radius 2 is 1.82 bits per heavy atom. The maximum absolute atomic E-state index is 12.7. The second kappa shape index (κ2) is 11.0. The summed E-state index contributed by atoms with van der Waals surface area (Å²) in [5, 5.41) is 0.412. The molecule has 3 rings (SSSR count). The number of carbonyl (C=O) groups excluding carboxylic acids is 3. The fourth-order valence-corrected chi connectivity index (χ4v) is 4.28. The lowest BCUT2D eigenvalue weighted by Crippen LogP contribution is -2.35. The number of nitrogens with zero attached hydrogens (tertiary/aromatic N) is 1. The average Bonchev–Trinajstić information content (AvgIpc) is 3.00. The predicted octanol–water partition coefficient (Wildman–Crippen LogP) is 5.57. The van der Waals surface area contributed by atoms with Gasteiger partial charge in [0.25, 0.3) is 11.1 Å². The molecule has 0 aliphatic carbocycles. The van der Waals surface area contributed by atoms with Crippen LogP contribution >= 0.6 is 35.0 Å². The van der Waals surface area contributed by atoms with Gasteiger partial charge in [0, 0.05) is 15.6 Å². The minimum atomic E-state index is -0.646. The van der Waals surface area contributed by atoms with Crippen LogP contribution in [0, 0.1) is 0 Å². The molecule has 174 valence electrons. The van der Waals surface area contributed by atoms with Crippen LogP contribution in [-0.4, -0.2) is 41.8 Å². The second-order valence-electron chi connectivity index (χ2n) is 7.21. The van der Waals surface area contributed by atoms with E-state index >= 15 is 0 Å². The van der Waals surface area contributed by atoms with E-state index < -0.39 is 23.7 Å². The molecule has 1 heterocycles. The summed E-state index contributed by atoms with van der Waals surface area (Å²) in [7, 11) is 1.51. The molecule has 0 bridgehead atoms. The van der Waals surface area contributed by atoms with Crippen LogP contribution < -0.4 is 9.47 Å². The molecule has 1 aliphatic heterocycles. The highest BCUT2D eigenvalue weighted by Crippen LogP contribution is 2.35. The number of methoxy groups -OCH3 is 1. The number of hydrogen-bond donors (Lipinski definition) is 0. The Morgan fingerprint density at radius 1 is 1.12 bits per heavy atom. The first kappa shape index (κ1) is 25.0. The Bertz CT molecular complexity index is 1100. The number of amides is 2. The van der Waals surface area contributed by atoms with E-state index in [9.17, 15) is 14.4 Å². The van der Waals surface area contributed by atoms with Gasteiger partial charge in [0.2, 0.25) is 0 Å². The third kappa shape index (κ3) is 6.22. The Balaban J connectivity index is 1.79. The normalized spacial score (nSPS) is 14.8. The van der Waals surface area contributed by atoms with Crippen molar-refractivity contribution in [2.75, 3.05) is 13.7 Å². The first-order valence-electron chi connectivity index (χ1n) is 9.88. The molecule has 0 unspecified atom stereocenters. The van der Waals surface area contributed by atoms with Crippen molar-refractivity contribution >= 4 is 58.2 Å². The van der Waals surface area contributed by atoms with Gasteiger partial charge in [-0.2, -0.15) is 0 Å². The second-order valence-corrected chi connectivity index (χ2v) is 9.01. The zero-order valence-electron chi connectivity index (χ0n) is 18.1. The summed E-state index contributed by atoms with van der Waals surface area (Å²) < 4.78 is 16.3. The van der Waals surface area contributed by atoms with Gasteiger partial charge in [0.05, 0.1) is 18.1 Å². The van der Waals surface area contributed by atoms with Crippen LogP contribution in [0.5, 0.6) is 11.5 Å². The van der Waals surface area contributed by atoms with Crippen LogP contribution in [0.2, 0.25) is 10.0 Å². The number of ether oxygens (including phenoxy) is 3. The minimum Gasteiger partial charge on any atom is -0.493 e. The number of carbonyl (C=O) groups is 3. The summed E-state index contributed by atoms with van der Waals surface area (Å²) in [6.45, 7) is 3.05. The van der Waals surface area contributed by atoms with Crippen molar-refractivity contribution in [3.63, 3.8) is 0 Å². The molecule has 10 heteroatoms. The van der Waals surface area contributed by atoms with Gasteiger partial charge in [-0.05, 0) is 61.5 Å². The lowest BCUT2D eigenvalue weighted by Gasteiger charge is -2.14. The molecule has 1 fully saturated rings. The van der Waals surface area contributed by atoms with E-state index in [1.807, 2.05) is 0 Å². The third-order valence-corrected chi connectivity index (χ3v) is 6.06. The molecule has 0 N–H and O–H groups in total. The molecule has 0 spiro atoms. The monoisotopic (exact) mass is 509 g/mol. The zero-order valence-corrected chi connectivity index (χ0v) is 20.4. The van der Waals surface area contributed by atoms with Crippen LogP contribution in [0.1, 0.15) is 25.0 Å². The number of thioether (sulfide) groups is 1. The molecular weight excluding hydrogens is 489 g/mol. The van der Waals surface area contributed by atoms with Crippen molar-refractivity contribution < 1.29 is 28.6 Å². The number of rotatable bonds is 8. The molecule has 2 aromatic carbocycles. The minimum absolute atomic E-state index is 0.104. The predicted molar refractivity (Wildman–Crippen MR) is 128 cm³/mol. The van der Waals surface area contributed by atoms with Gasteiger partial charge in [-0.25, -0.2) is 0 Å². The van der Waals surface area contributed by atoms with Crippen molar-refractivity contribution in [1.82, 2.24) is 4.90 Å². The summed E-state index contributed by atoms with van der Waals surface area (Å²) in [4.78, 5) is 37.8. The van der Waals surface area contributed by atoms with E-state index in [2.05, 4.69) is 0 Å². The molecule has 2 amide bonds. The lowest BCUT2D eigenvalue weighted by molar-refractivity contribution is -0.149. The third-order valence-electron chi connectivity index (χ3n) is 4.45. The highest BCUT2D eigenvalue weighted by atomic mass is 35.5. The van der Waals surface area contributed by atoms with Gasteiger partial charge in [-0.15, -0.1) is 0 Å². The average molecular weight is 510 g/mol. The zero-order chi connectivity index (χ0) is 24.1. The number of halogens is 2. The number of benzene rings is 2. The van der Waals surface area contributed by atoms with Crippen LogP contribution in [0.25, 0.3) is 6.08 Å². The molecule has 0 atom stereocenters. The van der Waals surface area contributed by atoms with E-state index in [-0.39, 0.29) is 17.6 Å². The number of hydrogen-bond acceptors (Lipinski definition) is 7. The van der Waals surface area contributed by atoms with Gasteiger partial charge >= 0.3 is 5.97 Å². The number of imide groups is 1. The first-order valence-corrected chi connectivity index (χ1v) is 11.5. The highest BCUT2D eigenvalue weighted by molar-refractivity contribution is 8.18. The summed E-state index contributed by atoms with van der Waals surface area (Å²) in [6, 6.07) is 10.2. The smallest absolute Gasteiger partial charge is 0.326 e. The van der Waals surface area contributed by atoms with E-state index in [4.69, 9.17) is 37.4 Å². The van der Waals surface area contributed by atoms with Crippen molar-refractivity contribution in [2.24, 2.45) is 0 Å². The lowest BCUT2D eigenvalue weighted by atomic mass is 10.1. The molecule has 0 aromatic heterocycles. The molecular formula is C23H21Cl2NO6S. The fourth-order valence-electron chi connectivity index (χ4n) is 2.93. The van der Waals surface area contributed by atoms with Crippen molar-refractivity contribution in [3.05, 3.63) is 62.5 Å². The molecule has 2 aromatic rings. The van der Waals surface area contributed by atoms with Crippen LogP contribution in [0.4, 0.5) is 4.79 Å². The largest absolute Gasteiger partial charge is 0.493 e. The summed E-state index contributed by atoms with van der Waals surface area (Å²) in [5.74, 6) is -0.333. The summed E-state index contributed by atoms with van der Waals surface area (Å²) in [5.41, 5.74) is 1.23. The summed E-state index contributed by atoms with van der Waals surface area (Å²) in [6.07, 6.45) is 1.21. The van der Waals surface area contributed by atoms with Gasteiger partial charge in [0.1, 0.15) is 13.2 Å². The fraction of sp³-hybridized carbons (Fsp3) is 0.261. The standard InChI is InChI=1S/C23H21Cl2NO6S/c1-13(2)32-21(27)11-26-22(28)20(33-23(26)29)10-14-7-8-18(30-3)19(9-14)31-12-15-16(24)5-4-6-17(15)25/h4-10,13H,11-12H2,1-3H3/b20-10-. The number of esters is 1. The molecule has 1 saturated heterocycles. The molecule has 1 aliphatic rings. The highest BCUT2D eigenvalue weighted by Gasteiger charge is 2.36. The Kier molecular flexibility index (Phi) is 8.29. The Labute approximate surface area is 205 Å². The summed E-state index contributed by atoms with van der Waals surface area (Å²) >= 11 is 13.2. The van der Waals surface area contributed by atoms with Crippen LogP contribution in [0.3, 0.4) is 0 Å². The van der Waals surface area contributed by atoms with Gasteiger partial charge in [0.15, 0.2) is 11.5 Å².